The normalized spacial score (nSPS) is 12.2. The van der Waals surface area contributed by atoms with E-state index >= 15 is 0 Å². The molecule has 0 fully saturated rings. The highest BCUT2D eigenvalue weighted by molar-refractivity contribution is 5.95. The number of benzene rings is 2. The number of ether oxygens (including phenoxy) is 2. The van der Waals surface area contributed by atoms with Gasteiger partial charge in [-0.1, -0.05) is 60.7 Å². The maximum absolute atomic E-state index is 12.1. The van der Waals surface area contributed by atoms with Crippen LogP contribution in [0.1, 0.15) is 37.8 Å². The van der Waals surface area contributed by atoms with Gasteiger partial charge in [-0.15, -0.1) is 0 Å². The van der Waals surface area contributed by atoms with Crippen molar-refractivity contribution >= 4 is 24.0 Å². The molecule has 4 amide bonds. The SMILES string of the molecule is C[C@H](NCCCCN[C@@H](C)C(=O)NC(=O)OCc1ccccc1)C(=O)NC(=O)OCc1ccccc1. The Hall–Kier alpha value is -3.76. The molecule has 2 atom stereocenters. The van der Waals surface area contributed by atoms with Crippen molar-refractivity contribution in [2.45, 2.75) is 52.0 Å². The minimum atomic E-state index is -0.794. The maximum Gasteiger partial charge on any atom is 0.414 e. The molecule has 0 aliphatic carbocycles. The van der Waals surface area contributed by atoms with Crippen molar-refractivity contribution in [2.75, 3.05) is 13.1 Å². The summed E-state index contributed by atoms with van der Waals surface area (Å²) in [6, 6.07) is 17.2. The second-order valence-corrected chi connectivity index (χ2v) is 8.16. The van der Waals surface area contributed by atoms with Crippen LogP contribution in [0, 0.1) is 0 Å². The van der Waals surface area contributed by atoms with Gasteiger partial charge in [-0.05, 0) is 50.9 Å². The number of rotatable bonds is 13. The van der Waals surface area contributed by atoms with Crippen molar-refractivity contribution in [1.29, 1.82) is 0 Å². The number of alkyl carbamates (subject to hydrolysis) is 2. The summed E-state index contributed by atoms with van der Waals surface area (Å²) >= 11 is 0. The number of imide groups is 2. The summed E-state index contributed by atoms with van der Waals surface area (Å²) in [5, 5.41) is 10.5. The fraction of sp³-hybridized carbons (Fsp3) is 0.385. The van der Waals surface area contributed by atoms with Crippen molar-refractivity contribution in [1.82, 2.24) is 21.3 Å². The molecule has 194 valence electrons. The third-order valence-corrected chi connectivity index (χ3v) is 5.17. The zero-order valence-corrected chi connectivity index (χ0v) is 20.6. The average molecular weight is 499 g/mol. The number of hydrogen-bond donors (Lipinski definition) is 4. The van der Waals surface area contributed by atoms with Crippen molar-refractivity contribution in [3.05, 3.63) is 71.8 Å². The predicted molar refractivity (Wildman–Crippen MR) is 134 cm³/mol. The Bertz CT molecular complexity index is 891. The molecule has 2 rings (SSSR count). The monoisotopic (exact) mass is 498 g/mol. The number of hydrogen-bond acceptors (Lipinski definition) is 8. The molecule has 10 nitrogen and oxygen atoms in total. The van der Waals surface area contributed by atoms with Gasteiger partial charge in [0.25, 0.3) is 0 Å². The first-order valence-corrected chi connectivity index (χ1v) is 11.8. The van der Waals surface area contributed by atoms with Gasteiger partial charge in [0.1, 0.15) is 13.2 Å². The van der Waals surface area contributed by atoms with Crippen LogP contribution in [0.3, 0.4) is 0 Å². The lowest BCUT2D eigenvalue weighted by Crippen LogP contribution is -2.45. The molecule has 0 heterocycles. The molecule has 2 aromatic rings. The highest BCUT2D eigenvalue weighted by atomic mass is 16.6. The molecule has 0 aromatic heterocycles. The zero-order chi connectivity index (χ0) is 26.2. The summed E-state index contributed by atoms with van der Waals surface area (Å²) in [7, 11) is 0. The van der Waals surface area contributed by atoms with Gasteiger partial charge in [-0.3, -0.25) is 20.2 Å². The molecular formula is C26H34N4O6. The van der Waals surface area contributed by atoms with Gasteiger partial charge in [0, 0.05) is 0 Å². The van der Waals surface area contributed by atoms with Crippen LogP contribution in [-0.2, 0) is 32.3 Å². The molecule has 0 aliphatic rings. The van der Waals surface area contributed by atoms with E-state index in [9.17, 15) is 19.2 Å². The molecule has 0 spiro atoms. The third kappa shape index (κ3) is 11.6. The van der Waals surface area contributed by atoms with Crippen molar-refractivity contribution in [2.24, 2.45) is 0 Å². The van der Waals surface area contributed by atoms with Crippen LogP contribution < -0.4 is 21.3 Å². The van der Waals surface area contributed by atoms with Gasteiger partial charge < -0.3 is 20.1 Å². The Balaban J connectivity index is 1.51. The van der Waals surface area contributed by atoms with Gasteiger partial charge in [0.2, 0.25) is 11.8 Å². The van der Waals surface area contributed by atoms with Crippen LogP contribution in [0.15, 0.2) is 60.7 Å². The largest absolute Gasteiger partial charge is 0.444 e. The van der Waals surface area contributed by atoms with E-state index in [2.05, 4.69) is 21.3 Å². The Morgan fingerprint density at radius 1 is 0.639 bits per heavy atom. The van der Waals surface area contributed by atoms with Crippen LogP contribution in [0.4, 0.5) is 9.59 Å². The lowest BCUT2D eigenvalue weighted by Gasteiger charge is -2.15. The van der Waals surface area contributed by atoms with Crippen molar-refractivity contribution in [3.63, 3.8) is 0 Å². The number of carbonyl (C=O) groups is 4. The third-order valence-electron chi connectivity index (χ3n) is 5.17. The van der Waals surface area contributed by atoms with Gasteiger partial charge in [0.15, 0.2) is 0 Å². The highest BCUT2D eigenvalue weighted by Crippen LogP contribution is 2.01. The Kier molecular flexibility index (Phi) is 12.7. The second-order valence-electron chi connectivity index (χ2n) is 8.16. The topological polar surface area (TPSA) is 135 Å². The number of carbonyl (C=O) groups excluding carboxylic acids is 4. The smallest absolute Gasteiger partial charge is 0.414 e. The fourth-order valence-electron chi connectivity index (χ4n) is 3.01. The summed E-state index contributed by atoms with van der Waals surface area (Å²) in [5.41, 5.74) is 1.66. The second kappa shape index (κ2) is 16.0. The summed E-state index contributed by atoms with van der Waals surface area (Å²) in [5.74, 6) is -0.953. The molecule has 0 radical (unpaired) electrons. The Labute approximate surface area is 211 Å². The average Bonchev–Trinajstić information content (AvgIpc) is 2.89. The van der Waals surface area contributed by atoms with Crippen LogP contribution in [0.2, 0.25) is 0 Å². The first kappa shape index (κ1) is 28.5. The first-order chi connectivity index (χ1) is 17.3. The van der Waals surface area contributed by atoms with E-state index in [0.29, 0.717) is 13.1 Å². The summed E-state index contributed by atoms with van der Waals surface area (Å²) in [6.07, 6.45) is -0.122. The van der Waals surface area contributed by atoms with E-state index in [4.69, 9.17) is 9.47 Å². The van der Waals surface area contributed by atoms with Crippen molar-refractivity contribution in [3.8, 4) is 0 Å². The molecule has 0 aliphatic heterocycles. The lowest BCUT2D eigenvalue weighted by molar-refractivity contribution is -0.123. The van der Waals surface area contributed by atoms with E-state index in [-0.39, 0.29) is 13.2 Å². The Morgan fingerprint density at radius 3 is 1.36 bits per heavy atom. The van der Waals surface area contributed by atoms with E-state index in [1.165, 1.54) is 0 Å². The highest BCUT2D eigenvalue weighted by Gasteiger charge is 2.17. The van der Waals surface area contributed by atoms with Gasteiger partial charge >= 0.3 is 12.2 Å². The zero-order valence-electron chi connectivity index (χ0n) is 20.6. The van der Waals surface area contributed by atoms with E-state index in [0.717, 1.165) is 24.0 Å². The summed E-state index contributed by atoms with van der Waals surface area (Å²) in [4.78, 5) is 47.8. The quantitative estimate of drug-likeness (QED) is 0.310. The van der Waals surface area contributed by atoms with Crippen LogP contribution in [0.5, 0.6) is 0 Å². The van der Waals surface area contributed by atoms with E-state index in [1.54, 1.807) is 13.8 Å². The first-order valence-electron chi connectivity index (χ1n) is 11.8. The van der Waals surface area contributed by atoms with E-state index in [1.807, 2.05) is 60.7 Å². The molecule has 4 N–H and O–H groups in total. The predicted octanol–water partition coefficient (Wildman–Crippen LogP) is 2.63. The minimum absolute atomic E-state index is 0.0834. The summed E-state index contributed by atoms with van der Waals surface area (Å²) in [6.45, 7) is 4.56. The van der Waals surface area contributed by atoms with Gasteiger partial charge in [-0.25, -0.2) is 9.59 Å². The van der Waals surface area contributed by atoms with Crippen LogP contribution in [0.25, 0.3) is 0 Å². The van der Waals surface area contributed by atoms with Crippen LogP contribution in [-0.4, -0.2) is 49.2 Å². The van der Waals surface area contributed by atoms with Gasteiger partial charge in [0.05, 0.1) is 12.1 Å². The number of unbranched alkanes of at least 4 members (excludes halogenated alkanes) is 1. The van der Waals surface area contributed by atoms with E-state index < -0.39 is 36.1 Å². The van der Waals surface area contributed by atoms with Crippen molar-refractivity contribution < 1.29 is 28.7 Å². The molecular weight excluding hydrogens is 464 g/mol. The molecule has 2 aromatic carbocycles. The molecule has 0 unspecified atom stereocenters. The number of amides is 4. The molecule has 0 saturated carbocycles. The Morgan fingerprint density at radius 2 is 1.00 bits per heavy atom. The minimum Gasteiger partial charge on any atom is -0.444 e. The molecule has 0 bridgehead atoms. The molecule has 0 saturated heterocycles. The molecule has 10 heteroatoms. The number of nitrogens with one attached hydrogen (secondary N) is 4. The van der Waals surface area contributed by atoms with Crippen LogP contribution >= 0.6 is 0 Å². The maximum atomic E-state index is 12.1. The van der Waals surface area contributed by atoms with Gasteiger partial charge in [-0.2, -0.15) is 0 Å². The standard InChI is InChI=1S/C26H34N4O6/c1-19(23(31)29-25(33)35-17-21-11-5-3-6-12-21)27-15-9-10-16-28-20(2)24(32)30-26(34)36-18-22-13-7-4-8-14-22/h3-8,11-14,19-20,27-28H,9-10,15-18H2,1-2H3,(H,29,31,33)(H,30,32,34)/t19-,20-/m0/s1. The fourth-order valence-corrected chi connectivity index (χ4v) is 3.01. The lowest BCUT2D eigenvalue weighted by atomic mass is 10.2. The molecule has 36 heavy (non-hydrogen) atoms. The summed E-state index contributed by atoms with van der Waals surface area (Å²) < 4.78 is 10.1.